The Bertz CT molecular complexity index is 496. The third-order valence-corrected chi connectivity index (χ3v) is 2.61. The molecule has 1 heterocycles. The molecular formula is C13H16N2O3. The van der Waals surface area contributed by atoms with Crippen LogP contribution in [0.25, 0.3) is 11.4 Å². The molecular weight excluding hydrogens is 232 g/mol. The number of aliphatic hydroxyl groups excluding tert-OH is 1. The Labute approximate surface area is 105 Å². The van der Waals surface area contributed by atoms with Crippen LogP contribution in [0.1, 0.15) is 18.7 Å². The second-order valence-electron chi connectivity index (χ2n) is 3.89. The number of para-hydroxylation sites is 1. The van der Waals surface area contributed by atoms with Gasteiger partial charge in [-0.2, -0.15) is 4.98 Å². The molecule has 2 aromatic rings. The highest BCUT2D eigenvalue weighted by Gasteiger charge is 2.12. The number of aryl methyl sites for hydroxylation is 1. The predicted octanol–water partition coefficient (Wildman–Crippen LogP) is 2.06. The molecule has 18 heavy (non-hydrogen) atoms. The number of hydrogen-bond acceptors (Lipinski definition) is 5. The second kappa shape index (κ2) is 6.16. The smallest absolute Gasteiger partial charge is 0.226 e. The summed E-state index contributed by atoms with van der Waals surface area (Å²) < 4.78 is 10.4. The molecule has 1 aromatic heterocycles. The summed E-state index contributed by atoms with van der Waals surface area (Å²) in [4.78, 5) is 4.32. The topological polar surface area (TPSA) is 68.4 Å². The number of nitrogens with zero attached hydrogens (tertiary/aromatic N) is 2. The third kappa shape index (κ3) is 2.87. The Hall–Kier alpha value is -1.88. The van der Waals surface area contributed by atoms with E-state index in [1.165, 1.54) is 0 Å². The highest BCUT2D eigenvalue weighted by atomic mass is 16.5. The van der Waals surface area contributed by atoms with Gasteiger partial charge in [0.15, 0.2) is 0 Å². The fraction of sp³-hybridized carbons (Fsp3) is 0.385. The first kappa shape index (κ1) is 12.6. The van der Waals surface area contributed by atoms with Gasteiger partial charge in [-0.15, -0.1) is 0 Å². The molecule has 0 unspecified atom stereocenters. The lowest BCUT2D eigenvalue weighted by Crippen LogP contribution is -1.90. The van der Waals surface area contributed by atoms with Crippen molar-refractivity contribution in [3.8, 4) is 17.1 Å². The summed E-state index contributed by atoms with van der Waals surface area (Å²) >= 11 is 0. The SMILES string of the molecule is COc1ccccc1-c1noc(CCCCO)n1. The molecule has 0 amide bonds. The summed E-state index contributed by atoms with van der Waals surface area (Å²) in [5.41, 5.74) is 0.817. The first-order chi connectivity index (χ1) is 8.85. The van der Waals surface area contributed by atoms with Gasteiger partial charge in [-0.25, -0.2) is 0 Å². The van der Waals surface area contributed by atoms with Gasteiger partial charge in [-0.05, 0) is 25.0 Å². The van der Waals surface area contributed by atoms with Crippen molar-refractivity contribution in [3.05, 3.63) is 30.2 Å². The van der Waals surface area contributed by atoms with Crippen LogP contribution >= 0.6 is 0 Å². The van der Waals surface area contributed by atoms with E-state index in [4.69, 9.17) is 14.4 Å². The second-order valence-corrected chi connectivity index (χ2v) is 3.89. The summed E-state index contributed by atoms with van der Waals surface area (Å²) in [6.45, 7) is 0.188. The molecule has 96 valence electrons. The van der Waals surface area contributed by atoms with Gasteiger partial charge in [-0.1, -0.05) is 17.3 Å². The van der Waals surface area contributed by atoms with Gasteiger partial charge in [0.1, 0.15) is 5.75 Å². The minimum Gasteiger partial charge on any atom is -0.496 e. The van der Waals surface area contributed by atoms with Crippen LogP contribution in [0.4, 0.5) is 0 Å². The number of aromatic nitrogens is 2. The van der Waals surface area contributed by atoms with Crippen molar-refractivity contribution in [2.75, 3.05) is 13.7 Å². The monoisotopic (exact) mass is 248 g/mol. The Morgan fingerprint density at radius 2 is 2.11 bits per heavy atom. The first-order valence-corrected chi connectivity index (χ1v) is 5.92. The van der Waals surface area contributed by atoms with Gasteiger partial charge in [0.2, 0.25) is 11.7 Å². The summed E-state index contributed by atoms with van der Waals surface area (Å²) in [6.07, 6.45) is 2.26. The molecule has 0 radical (unpaired) electrons. The number of benzene rings is 1. The number of methoxy groups -OCH3 is 1. The molecule has 0 saturated carbocycles. The van der Waals surface area contributed by atoms with Crippen LogP contribution in [0.2, 0.25) is 0 Å². The largest absolute Gasteiger partial charge is 0.496 e. The number of unbranched alkanes of at least 4 members (excludes halogenated alkanes) is 1. The number of ether oxygens (including phenoxy) is 1. The average molecular weight is 248 g/mol. The van der Waals surface area contributed by atoms with Gasteiger partial charge in [0, 0.05) is 13.0 Å². The van der Waals surface area contributed by atoms with E-state index in [0.717, 1.165) is 24.2 Å². The zero-order chi connectivity index (χ0) is 12.8. The molecule has 5 nitrogen and oxygen atoms in total. The van der Waals surface area contributed by atoms with Crippen LogP contribution < -0.4 is 4.74 Å². The molecule has 5 heteroatoms. The summed E-state index contributed by atoms with van der Waals surface area (Å²) in [5, 5.41) is 12.7. The number of hydrogen-bond donors (Lipinski definition) is 1. The van der Waals surface area contributed by atoms with Crippen molar-refractivity contribution in [3.63, 3.8) is 0 Å². The van der Waals surface area contributed by atoms with E-state index in [9.17, 15) is 0 Å². The quantitative estimate of drug-likeness (QED) is 0.792. The maximum atomic E-state index is 8.71. The summed E-state index contributed by atoms with van der Waals surface area (Å²) in [6, 6.07) is 7.54. The lowest BCUT2D eigenvalue weighted by molar-refractivity contribution is 0.281. The van der Waals surface area contributed by atoms with Crippen molar-refractivity contribution in [1.29, 1.82) is 0 Å². The van der Waals surface area contributed by atoms with Gasteiger partial charge >= 0.3 is 0 Å². The van der Waals surface area contributed by atoms with Gasteiger partial charge in [0.05, 0.1) is 12.7 Å². The van der Waals surface area contributed by atoms with Crippen LogP contribution in [0, 0.1) is 0 Å². The van der Waals surface area contributed by atoms with Crippen LogP contribution in [-0.4, -0.2) is 29.0 Å². The van der Waals surface area contributed by atoms with Crippen molar-refractivity contribution in [2.45, 2.75) is 19.3 Å². The van der Waals surface area contributed by atoms with E-state index in [1.54, 1.807) is 7.11 Å². The molecule has 0 spiro atoms. The van der Waals surface area contributed by atoms with Crippen molar-refractivity contribution in [1.82, 2.24) is 10.1 Å². The third-order valence-electron chi connectivity index (χ3n) is 2.61. The molecule has 0 saturated heterocycles. The van der Waals surface area contributed by atoms with E-state index < -0.39 is 0 Å². The minimum atomic E-state index is 0.188. The highest BCUT2D eigenvalue weighted by molar-refractivity contribution is 5.63. The fourth-order valence-electron chi connectivity index (χ4n) is 1.68. The zero-order valence-corrected chi connectivity index (χ0v) is 10.3. The van der Waals surface area contributed by atoms with Crippen molar-refractivity contribution < 1.29 is 14.4 Å². The normalized spacial score (nSPS) is 10.6. The van der Waals surface area contributed by atoms with E-state index in [0.29, 0.717) is 18.1 Å². The highest BCUT2D eigenvalue weighted by Crippen LogP contribution is 2.27. The lowest BCUT2D eigenvalue weighted by atomic mass is 10.2. The Balaban J connectivity index is 2.13. The summed E-state index contributed by atoms with van der Waals surface area (Å²) in [7, 11) is 1.61. The molecule has 1 N–H and O–H groups in total. The van der Waals surface area contributed by atoms with E-state index in [1.807, 2.05) is 24.3 Å². The van der Waals surface area contributed by atoms with Crippen LogP contribution in [-0.2, 0) is 6.42 Å². The maximum absolute atomic E-state index is 8.71. The minimum absolute atomic E-state index is 0.188. The Kier molecular flexibility index (Phi) is 4.30. The summed E-state index contributed by atoms with van der Waals surface area (Å²) in [5.74, 6) is 1.84. The van der Waals surface area contributed by atoms with E-state index in [2.05, 4.69) is 10.1 Å². The molecule has 0 fully saturated rings. The molecule has 0 bridgehead atoms. The Morgan fingerprint density at radius 3 is 2.89 bits per heavy atom. The molecule has 0 aliphatic heterocycles. The van der Waals surface area contributed by atoms with Crippen LogP contribution in [0.15, 0.2) is 28.8 Å². The predicted molar refractivity (Wildman–Crippen MR) is 66.3 cm³/mol. The molecule has 1 aromatic carbocycles. The number of aliphatic hydroxyl groups is 1. The van der Waals surface area contributed by atoms with Crippen molar-refractivity contribution >= 4 is 0 Å². The van der Waals surface area contributed by atoms with E-state index in [-0.39, 0.29) is 6.61 Å². The molecule has 2 rings (SSSR count). The van der Waals surface area contributed by atoms with Gasteiger partial charge < -0.3 is 14.4 Å². The zero-order valence-electron chi connectivity index (χ0n) is 10.3. The molecule has 0 aliphatic rings. The van der Waals surface area contributed by atoms with Crippen molar-refractivity contribution in [2.24, 2.45) is 0 Å². The molecule has 0 aliphatic carbocycles. The van der Waals surface area contributed by atoms with E-state index >= 15 is 0 Å². The molecule has 0 atom stereocenters. The van der Waals surface area contributed by atoms with Gasteiger partial charge in [-0.3, -0.25) is 0 Å². The number of rotatable bonds is 6. The first-order valence-electron chi connectivity index (χ1n) is 5.92. The average Bonchev–Trinajstić information content (AvgIpc) is 2.88. The standard InChI is InChI=1S/C13H16N2O3/c1-17-11-7-3-2-6-10(11)13-14-12(18-15-13)8-4-5-9-16/h2-3,6-7,16H,4-5,8-9H2,1H3. The fourth-order valence-corrected chi connectivity index (χ4v) is 1.68. The Morgan fingerprint density at radius 1 is 1.28 bits per heavy atom. The van der Waals surface area contributed by atoms with Crippen LogP contribution in [0.5, 0.6) is 5.75 Å². The lowest BCUT2D eigenvalue weighted by Gasteiger charge is -2.02. The van der Waals surface area contributed by atoms with Gasteiger partial charge in [0.25, 0.3) is 0 Å². The maximum Gasteiger partial charge on any atom is 0.226 e. The van der Waals surface area contributed by atoms with Crippen LogP contribution in [0.3, 0.4) is 0 Å².